The van der Waals surface area contributed by atoms with Crippen LogP contribution in [0.15, 0.2) is 16.8 Å². The van der Waals surface area contributed by atoms with Crippen molar-refractivity contribution >= 4 is 11.3 Å². The fourth-order valence-electron chi connectivity index (χ4n) is 2.31. The van der Waals surface area contributed by atoms with Crippen LogP contribution in [0.4, 0.5) is 0 Å². The van der Waals surface area contributed by atoms with Crippen LogP contribution in [-0.4, -0.2) is 35.2 Å². The smallest absolute Gasteiger partial charge is 0.0679 e. The van der Waals surface area contributed by atoms with Crippen LogP contribution in [-0.2, 0) is 0 Å². The molecule has 0 spiro atoms. The van der Waals surface area contributed by atoms with Gasteiger partial charge in [0.25, 0.3) is 0 Å². The number of likely N-dealkylation sites (tertiary alicyclic amines) is 1. The lowest BCUT2D eigenvalue weighted by Crippen LogP contribution is -2.38. The van der Waals surface area contributed by atoms with E-state index in [1.54, 1.807) is 11.3 Å². The van der Waals surface area contributed by atoms with Crippen molar-refractivity contribution in [2.45, 2.75) is 31.5 Å². The molecule has 2 heterocycles. The second kappa shape index (κ2) is 4.61. The van der Waals surface area contributed by atoms with Crippen LogP contribution in [0.5, 0.6) is 0 Å². The summed E-state index contributed by atoms with van der Waals surface area (Å²) >= 11 is 1.70. The van der Waals surface area contributed by atoms with Crippen molar-refractivity contribution < 1.29 is 5.11 Å². The summed E-state index contributed by atoms with van der Waals surface area (Å²) in [5.74, 6) is 0. The highest BCUT2D eigenvalue weighted by Crippen LogP contribution is 2.28. The minimum atomic E-state index is -0.176. The highest BCUT2D eigenvalue weighted by Gasteiger charge is 2.30. The Morgan fingerprint density at radius 2 is 2.47 bits per heavy atom. The predicted molar refractivity (Wildman–Crippen MR) is 62.9 cm³/mol. The van der Waals surface area contributed by atoms with Gasteiger partial charge in [0.2, 0.25) is 0 Å². The van der Waals surface area contributed by atoms with Gasteiger partial charge >= 0.3 is 0 Å². The third-order valence-corrected chi connectivity index (χ3v) is 3.67. The molecular formula is C11H18N2OS. The highest BCUT2D eigenvalue weighted by molar-refractivity contribution is 7.07. The van der Waals surface area contributed by atoms with Gasteiger partial charge in [-0.1, -0.05) is 0 Å². The van der Waals surface area contributed by atoms with Gasteiger partial charge in [0, 0.05) is 19.1 Å². The van der Waals surface area contributed by atoms with E-state index >= 15 is 0 Å². The maximum atomic E-state index is 9.55. The molecule has 0 aromatic carbocycles. The Bertz CT molecular complexity index is 300. The molecule has 0 amide bonds. The molecule has 0 saturated carbocycles. The van der Waals surface area contributed by atoms with Crippen LogP contribution < -0.4 is 5.73 Å². The Hall–Kier alpha value is -0.420. The Balaban J connectivity index is 2.14. The standard InChI is InChI=1S/C11H18N2OS/c1-8(12)11(9-3-5-15-7-9)13-4-2-10(14)6-13/h3,5,7-8,10-11,14H,2,4,6,12H2,1H3. The van der Waals surface area contributed by atoms with E-state index in [2.05, 4.69) is 21.7 Å². The number of rotatable bonds is 3. The molecule has 3 nitrogen and oxygen atoms in total. The van der Waals surface area contributed by atoms with Crippen molar-refractivity contribution in [2.24, 2.45) is 5.73 Å². The number of aliphatic hydroxyl groups is 1. The van der Waals surface area contributed by atoms with Crippen molar-refractivity contribution in [3.8, 4) is 0 Å². The summed E-state index contributed by atoms with van der Waals surface area (Å²) in [7, 11) is 0. The molecule has 0 bridgehead atoms. The summed E-state index contributed by atoms with van der Waals surface area (Å²) in [5.41, 5.74) is 7.32. The van der Waals surface area contributed by atoms with Gasteiger partial charge in [-0.25, -0.2) is 0 Å². The first kappa shape index (κ1) is 11.1. The highest BCUT2D eigenvalue weighted by atomic mass is 32.1. The van der Waals surface area contributed by atoms with Crippen LogP contribution in [0.3, 0.4) is 0 Å². The number of nitrogens with zero attached hydrogens (tertiary/aromatic N) is 1. The van der Waals surface area contributed by atoms with Crippen molar-refractivity contribution in [3.63, 3.8) is 0 Å². The summed E-state index contributed by atoms with van der Waals surface area (Å²) in [6.07, 6.45) is 0.692. The van der Waals surface area contributed by atoms with E-state index in [1.165, 1.54) is 5.56 Å². The van der Waals surface area contributed by atoms with Gasteiger partial charge in [-0.05, 0) is 35.7 Å². The molecule has 1 aliphatic rings. The second-order valence-corrected chi connectivity index (χ2v) is 5.08. The summed E-state index contributed by atoms with van der Waals surface area (Å²) in [6, 6.07) is 2.49. The lowest BCUT2D eigenvalue weighted by Gasteiger charge is -2.30. The number of hydrogen-bond donors (Lipinski definition) is 2. The predicted octanol–water partition coefficient (Wildman–Crippen LogP) is 1.20. The quantitative estimate of drug-likeness (QED) is 0.814. The fraction of sp³-hybridized carbons (Fsp3) is 0.636. The minimum Gasteiger partial charge on any atom is -0.392 e. The van der Waals surface area contributed by atoms with Gasteiger partial charge in [0.15, 0.2) is 0 Å². The molecule has 1 aromatic heterocycles. The van der Waals surface area contributed by atoms with Gasteiger partial charge in [-0.15, -0.1) is 0 Å². The lowest BCUT2D eigenvalue weighted by molar-refractivity contribution is 0.151. The van der Waals surface area contributed by atoms with Crippen molar-refractivity contribution in [3.05, 3.63) is 22.4 Å². The van der Waals surface area contributed by atoms with Crippen LogP contribution in [0.1, 0.15) is 24.9 Å². The zero-order chi connectivity index (χ0) is 10.8. The molecule has 3 atom stereocenters. The van der Waals surface area contributed by atoms with Crippen molar-refractivity contribution in [1.82, 2.24) is 4.90 Å². The molecule has 3 unspecified atom stereocenters. The topological polar surface area (TPSA) is 49.5 Å². The molecule has 1 saturated heterocycles. The van der Waals surface area contributed by atoms with Crippen molar-refractivity contribution in [1.29, 1.82) is 0 Å². The van der Waals surface area contributed by atoms with Gasteiger partial charge in [0.1, 0.15) is 0 Å². The Kier molecular flexibility index (Phi) is 3.41. The Labute approximate surface area is 94.5 Å². The normalized spacial score (nSPS) is 26.7. The van der Waals surface area contributed by atoms with Crippen LogP contribution in [0.25, 0.3) is 0 Å². The van der Waals surface area contributed by atoms with Gasteiger partial charge in [-0.3, -0.25) is 4.90 Å². The molecule has 84 valence electrons. The fourth-order valence-corrected chi connectivity index (χ4v) is 3.00. The van der Waals surface area contributed by atoms with Gasteiger partial charge < -0.3 is 10.8 Å². The monoisotopic (exact) mass is 226 g/mol. The average Bonchev–Trinajstić information content (AvgIpc) is 2.77. The average molecular weight is 226 g/mol. The molecule has 0 aliphatic carbocycles. The molecule has 2 rings (SSSR count). The van der Waals surface area contributed by atoms with E-state index in [0.717, 1.165) is 19.5 Å². The SMILES string of the molecule is CC(N)C(c1ccsc1)N1CCC(O)C1. The van der Waals surface area contributed by atoms with Gasteiger partial charge in [0.05, 0.1) is 12.1 Å². The van der Waals surface area contributed by atoms with E-state index in [1.807, 2.05) is 6.92 Å². The summed E-state index contributed by atoms with van der Waals surface area (Å²) in [4.78, 5) is 2.29. The first-order valence-corrected chi connectivity index (χ1v) is 6.32. The summed E-state index contributed by atoms with van der Waals surface area (Å²) in [6.45, 7) is 3.73. The first-order chi connectivity index (χ1) is 7.18. The second-order valence-electron chi connectivity index (χ2n) is 4.30. The Morgan fingerprint density at radius 1 is 1.67 bits per heavy atom. The molecule has 3 N–H and O–H groups in total. The number of nitrogens with two attached hydrogens (primary N) is 1. The number of thiophene rings is 1. The molecule has 0 radical (unpaired) electrons. The maximum absolute atomic E-state index is 9.55. The zero-order valence-corrected chi connectivity index (χ0v) is 9.78. The molecule has 15 heavy (non-hydrogen) atoms. The van der Waals surface area contributed by atoms with Crippen molar-refractivity contribution in [2.75, 3.05) is 13.1 Å². The number of β-amino-alcohol motifs (C(OH)–C–C–N with tert-alkyl or cyclic N) is 1. The number of aliphatic hydroxyl groups excluding tert-OH is 1. The molecule has 4 heteroatoms. The molecular weight excluding hydrogens is 208 g/mol. The number of hydrogen-bond acceptors (Lipinski definition) is 4. The Morgan fingerprint density at radius 3 is 2.93 bits per heavy atom. The molecule has 1 aromatic rings. The van der Waals surface area contributed by atoms with E-state index in [-0.39, 0.29) is 18.2 Å². The third kappa shape index (κ3) is 2.39. The first-order valence-electron chi connectivity index (χ1n) is 5.38. The summed E-state index contributed by atoms with van der Waals surface area (Å²) < 4.78 is 0. The van der Waals surface area contributed by atoms with Crippen LogP contribution in [0, 0.1) is 0 Å². The van der Waals surface area contributed by atoms with E-state index < -0.39 is 0 Å². The lowest BCUT2D eigenvalue weighted by atomic mass is 10.0. The van der Waals surface area contributed by atoms with Crippen LogP contribution >= 0.6 is 11.3 Å². The van der Waals surface area contributed by atoms with E-state index in [9.17, 15) is 5.11 Å². The van der Waals surface area contributed by atoms with Gasteiger partial charge in [-0.2, -0.15) is 11.3 Å². The zero-order valence-electron chi connectivity index (χ0n) is 8.97. The molecule has 1 fully saturated rings. The minimum absolute atomic E-state index is 0.102. The van der Waals surface area contributed by atoms with E-state index in [4.69, 9.17) is 5.73 Å². The summed E-state index contributed by atoms with van der Waals surface area (Å²) in [5, 5.41) is 13.8. The molecule has 1 aliphatic heterocycles. The van der Waals surface area contributed by atoms with Crippen LogP contribution in [0.2, 0.25) is 0 Å². The third-order valence-electron chi connectivity index (χ3n) is 2.97. The maximum Gasteiger partial charge on any atom is 0.0679 e. The van der Waals surface area contributed by atoms with E-state index in [0.29, 0.717) is 0 Å². The largest absolute Gasteiger partial charge is 0.392 e.